The lowest BCUT2D eigenvalue weighted by molar-refractivity contribution is -0.179. The number of alkyl halides is 3. The summed E-state index contributed by atoms with van der Waals surface area (Å²) in [7, 11) is 2.79. The zero-order chi connectivity index (χ0) is 14.8. The molecule has 1 aliphatic rings. The van der Waals surface area contributed by atoms with Crippen molar-refractivity contribution in [3.05, 3.63) is 0 Å². The Kier molecular flexibility index (Phi) is 4.15. The van der Waals surface area contributed by atoms with E-state index in [1.54, 1.807) is 4.90 Å². The summed E-state index contributed by atoms with van der Waals surface area (Å²) in [6, 6.07) is 0.148. The van der Waals surface area contributed by atoms with Crippen molar-refractivity contribution >= 4 is 5.95 Å². The normalized spacial score (nSPS) is 17.1. The highest BCUT2D eigenvalue weighted by atomic mass is 19.4. The van der Waals surface area contributed by atoms with Gasteiger partial charge in [0.1, 0.15) is 0 Å². The number of hydrogen-bond donors (Lipinski definition) is 0. The Morgan fingerprint density at radius 1 is 1.00 bits per heavy atom. The molecule has 2 rings (SSSR count). The highest BCUT2D eigenvalue weighted by molar-refractivity contribution is 5.32. The first kappa shape index (κ1) is 14.6. The predicted octanol–water partition coefficient (Wildman–Crippen LogP) is 1.67. The summed E-state index contributed by atoms with van der Waals surface area (Å²) in [5.41, 5.74) is 0. The highest BCUT2D eigenvalue weighted by Gasteiger charge is 2.41. The maximum Gasteiger partial charge on any atom is 0.391 e. The third-order valence-corrected chi connectivity index (χ3v) is 3.19. The summed E-state index contributed by atoms with van der Waals surface area (Å²) in [6.07, 6.45) is -4.08. The molecule has 1 fully saturated rings. The van der Waals surface area contributed by atoms with E-state index in [-0.39, 0.29) is 43.9 Å². The molecule has 6 nitrogen and oxygen atoms in total. The third kappa shape index (κ3) is 3.20. The molecule has 0 atom stereocenters. The fourth-order valence-corrected chi connectivity index (χ4v) is 2.06. The van der Waals surface area contributed by atoms with Crippen LogP contribution in [0.3, 0.4) is 0 Å². The van der Waals surface area contributed by atoms with E-state index in [4.69, 9.17) is 9.47 Å². The number of rotatable bonds is 3. The first-order chi connectivity index (χ1) is 9.44. The maximum atomic E-state index is 12.6. The molecule has 0 aliphatic carbocycles. The predicted molar refractivity (Wildman–Crippen MR) is 63.9 cm³/mol. The van der Waals surface area contributed by atoms with Crippen molar-refractivity contribution in [3.8, 4) is 12.0 Å². The molecule has 112 valence electrons. The van der Waals surface area contributed by atoms with Crippen LogP contribution in [0.1, 0.15) is 12.8 Å². The fourth-order valence-electron chi connectivity index (χ4n) is 2.06. The van der Waals surface area contributed by atoms with E-state index in [2.05, 4.69) is 15.0 Å². The topological polar surface area (TPSA) is 60.4 Å². The van der Waals surface area contributed by atoms with Crippen LogP contribution < -0.4 is 14.4 Å². The molecule has 1 saturated heterocycles. The molecular weight excluding hydrogens is 277 g/mol. The molecule has 0 bridgehead atoms. The molecule has 0 radical (unpaired) electrons. The molecule has 0 unspecified atom stereocenters. The Morgan fingerprint density at radius 2 is 1.50 bits per heavy atom. The second-order valence-corrected chi connectivity index (χ2v) is 4.41. The maximum absolute atomic E-state index is 12.6. The van der Waals surface area contributed by atoms with Gasteiger partial charge in [-0.1, -0.05) is 0 Å². The molecular formula is C11H15F3N4O2. The number of anilines is 1. The average molecular weight is 292 g/mol. The number of nitrogens with zero attached hydrogens (tertiary/aromatic N) is 4. The van der Waals surface area contributed by atoms with Crippen molar-refractivity contribution in [2.45, 2.75) is 19.0 Å². The first-order valence-corrected chi connectivity index (χ1v) is 6.09. The van der Waals surface area contributed by atoms with E-state index >= 15 is 0 Å². The minimum absolute atomic E-state index is 0.0276. The summed E-state index contributed by atoms with van der Waals surface area (Å²) in [6.45, 7) is 0.473. The van der Waals surface area contributed by atoms with Gasteiger partial charge in [0.15, 0.2) is 0 Å². The lowest BCUT2D eigenvalue weighted by Gasteiger charge is -2.32. The Morgan fingerprint density at radius 3 is 1.90 bits per heavy atom. The molecule has 1 aliphatic heterocycles. The second kappa shape index (κ2) is 5.68. The van der Waals surface area contributed by atoms with Gasteiger partial charge in [0, 0.05) is 13.1 Å². The summed E-state index contributed by atoms with van der Waals surface area (Å²) in [5, 5.41) is 0. The molecule has 9 heteroatoms. The monoisotopic (exact) mass is 292 g/mol. The van der Waals surface area contributed by atoms with Crippen LogP contribution in [0.5, 0.6) is 12.0 Å². The Balaban J connectivity index is 2.10. The SMILES string of the molecule is COc1nc(OC)nc(N2CCC(C(F)(F)F)CC2)n1. The lowest BCUT2D eigenvalue weighted by atomic mass is 9.96. The van der Waals surface area contributed by atoms with Gasteiger partial charge in [0.2, 0.25) is 5.95 Å². The van der Waals surface area contributed by atoms with Crippen molar-refractivity contribution in [2.75, 3.05) is 32.2 Å². The zero-order valence-electron chi connectivity index (χ0n) is 11.1. The van der Waals surface area contributed by atoms with Crippen molar-refractivity contribution in [2.24, 2.45) is 5.92 Å². The quantitative estimate of drug-likeness (QED) is 0.844. The molecule has 1 aromatic rings. The zero-order valence-corrected chi connectivity index (χ0v) is 11.1. The van der Waals surface area contributed by atoms with E-state index in [9.17, 15) is 13.2 Å². The molecule has 0 N–H and O–H groups in total. The number of ether oxygens (including phenoxy) is 2. The molecule has 20 heavy (non-hydrogen) atoms. The molecule has 0 saturated carbocycles. The number of methoxy groups -OCH3 is 2. The van der Waals surface area contributed by atoms with Gasteiger partial charge in [-0.15, -0.1) is 4.98 Å². The minimum Gasteiger partial charge on any atom is -0.467 e. The van der Waals surface area contributed by atoms with Gasteiger partial charge in [0.05, 0.1) is 20.1 Å². The van der Waals surface area contributed by atoms with Gasteiger partial charge in [-0.3, -0.25) is 0 Å². The van der Waals surface area contributed by atoms with Crippen LogP contribution >= 0.6 is 0 Å². The van der Waals surface area contributed by atoms with Crippen LogP contribution in [0, 0.1) is 5.92 Å². The van der Waals surface area contributed by atoms with E-state index in [1.165, 1.54) is 14.2 Å². The lowest BCUT2D eigenvalue weighted by Crippen LogP contribution is -2.39. The van der Waals surface area contributed by atoms with Crippen molar-refractivity contribution in [3.63, 3.8) is 0 Å². The van der Waals surface area contributed by atoms with E-state index in [1.807, 2.05) is 0 Å². The molecule has 0 amide bonds. The summed E-state index contributed by atoms with van der Waals surface area (Å²) >= 11 is 0. The average Bonchev–Trinajstić information content (AvgIpc) is 2.46. The first-order valence-electron chi connectivity index (χ1n) is 6.09. The smallest absolute Gasteiger partial charge is 0.391 e. The summed E-state index contributed by atoms with van der Waals surface area (Å²) < 4.78 is 47.7. The number of piperidine rings is 1. The van der Waals surface area contributed by atoms with E-state index in [0.717, 1.165) is 0 Å². The Hall–Kier alpha value is -1.80. The van der Waals surface area contributed by atoms with Crippen LogP contribution in [0.2, 0.25) is 0 Å². The van der Waals surface area contributed by atoms with Gasteiger partial charge in [0.25, 0.3) is 0 Å². The van der Waals surface area contributed by atoms with Gasteiger partial charge in [-0.2, -0.15) is 23.1 Å². The molecule has 2 heterocycles. The Labute approximate surface area is 113 Å². The van der Waals surface area contributed by atoms with Crippen LogP contribution in [0.15, 0.2) is 0 Å². The number of aromatic nitrogens is 3. The van der Waals surface area contributed by atoms with E-state index in [0.29, 0.717) is 0 Å². The van der Waals surface area contributed by atoms with Crippen LogP contribution in [0.4, 0.5) is 19.1 Å². The van der Waals surface area contributed by atoms with Crippen molar-refractivity contribution in [1.29, 1.82) is 0 Å². The minimum atomic E-state index is -4.14. The highest BCUT2D eigenvalue weighted by Crippen LogP contribution is 2.35. The van der Waals surface area contributed by atoms with Crippen LogP contribution in [0.25, 0.3) is 0 Å². The van der Waals surface area contributed by atoms with Gasteiger partial charge >= 0.3 is 18.2 Å². The van der Waals surface area contributed by atoms with Gasteiger partial charge in [-0.05, 0) is 12.8 Å². The van der Waals surface area contributed by atoms with E-state index < -0.39 is 12.1 Å². The third-order valence-electron chi connectivity index (χ3n) is 3.19. The van der Waals surface area contributed by atoms with Crippen LogP contribution in [-0.4, -0.2) is 48.4 Å². The van der Waals surface area contributed by atoms with Gasteiger partial charge < -0.3 is 14.4 Å². The van der Waals surface area contributed by atoms with Gasteiger partial charge in [-0.25, -0.2) is 0 Å². The molecule has 0 aromatic carbocycles. The fraction of sp³-hybridized carbons (Fsp3) is 0.727. The van der Waals surface area contributed by atoms with Crippen molar-refractivity contribution in [1.82, 2.24) is 15.0 Å². The standard InChI is InChI=1S/C11H15F3N4O2/c1-19-9-15-8(16-10(17-9)20-2)18-5-3-7(4-6-18)11(12,13)14/h7H,3-6H2,1-2H3. The summed E-state index contributed by atoms with van der Waals surface area (Å²) in [4.78, 5) is 13.6. The summed E-state index contributed by atoms with van der Waals surface area (Å²) in [5.74, 6) is -0.987. The number of hydrogen-bond acceptors (Lipinski definition) is 6. The van der Waals surface area contributed by atoms with Crippen molar-refractivity contribution < 1.29 is 22.6 Å². The molecule has 1 aromatic heterocycles. The Bertz CT molecular complexity index is 439. The number of halogens is 3. The van der Waals surface area contributed by atoms with Crippen LogP contribution in [-0.2, 0) is 0 Å². The second-order valence-electron chi connectivity index (χ2n) is 4.41. The molecule has 0 spiro atoms. The largest absolute Gasteiger partial charge is 0.467 e.